The predicted molar refractivity (Wildman–Crippen MR) is 96.2 cm³/mol. The molecule has 0 fully saturated rings. The molecule has 2 N–H and O–H groups in total. The van der Waals surface area contributed by atoms with E-state index in [9.17, 15) is 4.79 Å². The number of hydrogen-bond acceptors (Lipinski definition) is 4. The minimum Gasteiger partial charge on any atom is -0.457 e. The van der Waals surface area contributed by atoms with E-state index in [1.54, 1.807) is 18.3 Å². The lowest BCUT2D eigenvalue weighted by molar-refractivity contribution is 0.0921. The van der Waals surface area contributed by atoms with Gasteiger partial charge in [-0.25, -0.2) is 5.43 Å². The van der Waals surface area contributed by atoms with E-state index in [0.29, 0.717) is 11.5 Å². The highest BCUT2D eigenvalue weighted by atomic mass is 16.5. The molecule has 3 aromatic rings. The number of carbonyl (C=O) groups excluding carboxylic acids is 1. The standard InChI is InChI=1S/C20H19N3O2/c1-15(16-8-4-2-5-9-16)22-23-20(24)19-14-18(12-13-21-19)25-17-10-6-3-7-11-17/h2-15,22H,1H3,(H,23,24). The minimum absolute atomic E-state index is 0.0195. The summed E-state index contributed by atoms with van der Waals surface area (Å²) < 4.78 is 5.72. The Morgan fingerprint density at radius 3 is 2.36 bits per heavy atom. The lowest BCUT2D eigenvalue weighted by atomic mass is 10.1. The number of para-hydroxylation sites is 1. The maximum Gasteiger partial charge on any atom is 0.284 e. The van der Waals surface area contributed by atoms with Gasteiger partial charge in [-0.15, -0.1) is 0 Å². The van der Waals surface area contributed by atoms with Crippen molar-refractivity contribution >= 4 is 5.91 Å². The van der Waals surface area contributed by atoms with E-state index in [4.69, 9.17) is 4.74 Å². The molecule has 1 amide bonds. The summed E-state index contributed by atoms with van der Waals surface area (Å²) in [6.45, 7) is 1.97. The van der Waals surface area contributed by atoms with Gasteiger partial charge in [0.05, 0.1) is 0 Å². The summed E-state index contributed by atoms with van der Waals surface area (Å²) in [5.41, 5.74) is 7.03. The molecule has 1 unspecified atom stereocenters. The van der Waals surface area contributed by atoms with Crippen molar-refractivity contribution in [3.63, 3.8) is 0 Å². The van der Waals surface area contributed by atoms with Crippen molar-refractivity contribution in [2.45, 2.75) is 13.0 Å². The van der Waals surface area contributed by atoms with Crippen LogP contribution in [0.2, 0.25) is 0 Å². The van der Waals surface area contributed by atoms with Crippen molar-refractivity contribution in [2.24, 2.45) is 0 Å². The highest BCUT2D eigenvalue weighted by molar-refractivity contribution is 5.92. The lowest BCUT2D eigenvalue weighted by Gasteiger charge is -2.15. The van der Waals surface area contributed by atoms with Gasteiger partial charge >= 0.3 is 0 Å². The normalized spacial score (nSPS) is 11.6. The molecule has 126 valence electrons. The van der Waals surface area contributed by atoms with Crippen LogP contribution < -0.4 is 15.6 Å². The SMILES string of the molecule is CC(NNC(=O)c1cc(Oc2ccccc2)ccn1)c1ccccc1. The number of amides is 1. The molecule has 0 aliphatic carbocycles. The molecular formula is C20H19N3O2. The number of benzene rings is 2. The molecule has 0 bridgehead atoms. The van der Waals surface area contributed by atoms with Crippen LogP contribution in [0.5, 0.6) is 11.5 Å². The number of ether oxygens (including phenoxy) is 1. The van der Waals surface area contributed by atoms with Crippen molar-refractivity contribution in [2.75, 3.05) is 0 Å². The van der Waals surface area contributed by atoms with Crippen molar-refractivity contribution in [3.05, 3.63) is 90.3 Å². The van der Waals surface area contributed by atoms with Gasteiger partial charge in [0.25, 0.3) is 5.91 Å². The molecule has 0 saturated heterocycles. The first kappa shape index (κ1) is 16.7. The zero-order valence-electron chi connectivity index (χ0n) is 13.8. The number of nitrogens with one attached hydrogen (secondary N) is 2. The van der Waals surface area contributed by atoms with E-state index in [0.717, 1.165) is 5.56 Å². The Kier molecular flexibility index (Phi) is 5.39. The molecule has 0 spiro atoms. The second-order valence-electron chi connectivity index (χ2n) is 5.52. The first-order valence-corrected chi connectivity index (χ1v) is 8.02. The first-order valence-electron chi connectivity index (χ1n) is 8.02. The number of carbonyl (C=O) groups is 1. The molecule has 5 nitrogen and oxygen atoms in total. The van der Waals surface area contributed by atoms with Gasteiger partial charge in [0.1, 0.15) is 17.2 Å². The molecule has 1 heterocycles. The van der Waals surface area contributed by atoms with Crippen molar-refractivity contribution in [3.8, 4) is 11.5 Å². The van der Waals surface area contributed by atoms with Crippen LogP contribution in [0.25, 0.3) is 0 Å². The summed E-state index contributed by atoms with van der Waals surface area (Å²) in [6, 6.07) is 22.6. The van der Waals surface area contributed by atoms with Crippen LogP contribution in [0.1, 0.15) is 29.0 Å². The van der Waals surface area contributed by atoms with Crippen LogP contribution in [0, 0.1) is 0 Å². The van der Waals surface area contributed by atoms with Crippen molar-refractivity contribution in [1.29, 1.82) is 0 Å². The largest absolute Gasteiger partial charge is 0.457 e. The fourth-order valence-corrected chi connectivity index (χ4v) is 2.29. The quantitative estimate of drug-likeness (QED) is 0.672. The zero-order valence-corrected chi connectivity index (χ0v) is 13.8. The molecule has 5 heteroatoms. The number of hydrogen-bond donors (Lipinski definition) is 2. The molecule has 25 heavy (non-hydrogen) atoms. The third-order valence-corrected chi connectivity index (χ3v) is 3.64. The van der Waals surface area contributed by atoms with E-state index >= 15 is 0 Å². The molecule has 0 saturated carbocycles. The van der Waals surface area contributed by atoms with Gasteiger partial charge in [0.2, 0.25) is 0 Å². The Morgan fingerprint density at radius 1 is 0.960 bits per heavy atom. The van der Waals surface area contributed by atoms with E-state index < -0.39 is 0 Å². The smallest absolute Gasteiger partial charge is 0.284 e. The fourth-order valence-electron chi connectivity index (χ4n) is 2.29. The van der Waals surface area contributed by atoms with Gasteiger partial charge in [-0.3, -0.25) is 15.2 Å². The van der Waals surface area contributed by atoms with Gasteiger partial charge in [0, 0.05) is 18.3 Å². The Labute approximate surface area is 146 Å². The van der Waals surface area contributed by atoms with Crippen LogP contribution in [0.3, 0.4) is 0 Å². The summed E-state index contributed by atoms with van der Waals surface area (Å²) in [7, 11) is 0. The monoisotopic (exact) mass is 333 g/mol. The second-order valence-corrected chi connectivity index (χ2v) is 5.52. The predicted octanol–water partition coefficient (Wildman–Crippen LogP) is 3.87. The van der Waals surface area contributed by atoms with Gasteiger partial charge < -0.3 is 4.74 Å². The van der Waals surface area contributed by atoms with Crippen LogP contribution in [0.15, 0.2) is 79.0 Å². The van der Waals surface area contributed by atoms with E-state index in [1.807, 2.05) is 67.6 Å². The molecule has 1 atom stereocenters. The summed E-state index contributed by atoms with van der Waals surface area (Å²) in [4.78, 5) is 16.4. The molecule has 0 aliphatic rings. The summed E-state index contributed by atoms with van der Waals surface area (Å²) in [5.74, 6) is 0.944. The van der Waals surface area contributed by atoms with Crippen LogP contribution in [-0.2, 0) is 0 Å². The Hall–Kier alpha value is -3.18. The van der Waals surface area contributed by atoms with E-state index in [-0.39, 0.29) is 17.6 Å². The van der Waals surface area contributed by atoms with Crippen LogP contribution in [-0.4, -0.2) is 10.9 Å². The third-order valence-electron chi connectivity index (χ3n) is 3.64. The Bertz CT molecular complexity index is 823. The maximum absolute atomic E-state index is 12.3. The maximum atomic E-state index is 12.3. The zero-order chi connectivity index (χ0) is 17.5. The fraction of sp³-hybridized carbons (Fsp3) is 0.100. The number of pyridine rings is 1. The average Bonchev–Trinajstić information content (AvgIpc) is 2.67. The van der Waals surface area contributed by atoms with Gasteiger partial charge in [0.15, 0.2) is 0 Å². The number of rotatable bonds is 6. The van der Waals surface area contributed by atoms with Crippen molar-refractivity contribution in [1.82, 2.24) is 15.8 Å². The highest BCUT2D eigenvalue weighted by Crippen LogP contribution is 2.20. The molecular weight excluding hydrogens is 314 g/mol. The number of hydrazine groups is 1. The molecule has 0 radical (unpaired) electrons. The minimum atomic E-state index is -0.318. The van der Waals surface area contributed by atoms with Gasteiger partial charge in [-0.1, -0.05) is 48.5 Å². The van der Waals surface area contributed by atoms with Crippen LogP contribution >= 0.6 is 0 Å². The van der Waals surface area contributed by atoms with E-state index in [1.165, 1.54) is 0 Å². The second kappa shape index (κ2) is 8.08. The summed E-state index contributed by atoms with van der Waals surface area (Å²) >= 11 is 0. The topological polar surface area (TPSA) is 63.2 Å². The lowest BCUT2D eigenvalue weighted by Crippen LogP contribution is -2.39. The first-order chi connectivity index (χ1) is 12.2. The Balaban J connectivity index is 1.61. The summed E-state index contributed by atoms with van der Waals surface area (Å²) in [5, 5.41) is 0. The molecule has 3 rings (SSSR count). The van der Waals surface area contributed by atoms with Gasteiger partial charge in [-0.05, 0) is 30.7 Å². The Morgan fingerprint density at radius 2 is 1.64 bits per heavy atom. The summed E-state index contributed by atoms with van der Waals surface area (Å²) in [6.07, 6.45) is 1.55. The molecule has 2 aromatic carbocycles. The number of aromatic nitrogens is 1. The highest BCUT2D eigenvalue weighted by Gasteiger charge is 2.11. The molecule has 0 aliphatic heterocycles. The third kappa shape index (κ3) is 4.65. The van der Waals surface area contributed by atoms with Crippen LogP contribution in [0.4, 0.5) is 0 Å². The van der Waals surface area contributed by atoms with Gasteiger partial charge in [-0.2, -0.15) is 0 Å². The van der Waals surface area contributed by atoms with E-state index in [2.05, 4.69) is 15.8 Å². The number of nitrogens with zero attached hydrogens (tertiary/aromatic N) is 1. The van der Waals surface area contributed by atoms with Crippen molar-refractivity contribution < 1.29 is 9.53 Å². The average molecular weight is 333 g/mol. The molecule has 1 aromatic heterocycles.